The summed E-state index contributed by atoms with van der Waals surface area (Å²) in [4.78, 5) is 24.9. The molecule has 2 aromatic rings. The van der Waals surface area contributed by atoms with Crippen LogP contribution in [0.15, 0.2) is 36.4 Å². The first-order valence-electron chi connectivity index (χ1n) is 9.08. The molecule has 0 saturated heterocycles. The van der Waals surface area contributed by atoms with Crippen molar-refractivity contribution < 1.29 is 23.8 Å². The van der Waals surface area contributed by atoms with E-state index in [2.05, 4.69) is 0 Å². The number of hydrogen-bond acceptors (Lipinski definition) is 5. The Balaban J connectivity index is 1.62. The molecule has 1 atom stereocenters. The first kappa shape index (κ1) is 19.0. The average molecular weight is 368 g/mol. The zero-order valence-corrected chi connectivity index (χ0v) is 15.9. The predicted molar refractivity (Wildman–Crippen MR) is 102 cm³/mol. The standard InChI is InChI=1S/C22H24O5/c1-14(22(24)18-9-8-16-5-4-6-17(16)13-18)27-21(23)12-15-7-10-19(25-2)20(11-15)26-3/h7-11,13-14H,4-6,12H2,1-3H3. The molecule has 27 heavy (non-hydrogen) atoms. The Kier molecular flexibility index (Phi) is 5.79. The van der Waals surface area contributed by atoms with Crippen LogP contribution in [-0.2, 0) is 28.8 Å². The molecule has 142 valence electrons. The van der Waals surface area contributed by atoms with E-state index < -0.39 is 12.1 Å². The molecule has 0 saturated carbocycles. The number of ketones is 1. The normalized spacial score (nSPS) is 13.6. The van der Waals surface area contributed by atoms with Gasteiger partial charge in [-0.05, 0) is 61.1 Å². The van der Waals surface area contributed by atoms with Gasteiger partial charge in [-0.1, -0.05) is 18.2 Å². The molecule has 2 aromatic carbocycles. The highest BCUT2D eigenvalue weighted by molar-refractivity contribution is 6.00. The van der Waals surface area contributed by atoms with Gasteiger partial charge in [-0.15, -0.1) is 0 Å². The zero-order chi connectivity index (χ0) is 19.4. The van der Waals surface area contributed by atoms with Gasteiger partial charge in [-0.3, -0.25) is 9.59 Å². The first-order valence-corrected chi connectivity index (χ1v) is 9.08. The highest BCUT2D eigenvalue weighted by atomic mass is 16.5. The molecule has 0 spiro atoms. The maximum atomic E-state index is 12.6. The number of Topliss-reactive ketones (excluding diaryl/α,β-unsaturated/α-hetero) is 1. The molecular formula is C22H24O5. The summed E-state index contributed by atoms with van der Waals surface area (Å²) in [5.74, 6) is 0.509. The highest BCUT2D eigenvalue weighted by Gasteiger charge is 2.22. The van der Waals surface area contributed by atoms with Gasteiger partial charge in [0.25, 0.3) is 0 Å². The van der Waals surface area contributed by atoms with E-state index in [0.29, 0.717) is 17.1 Å². The second-order valence-electron chi connectivity index (χ2n) is 6.70. The van der Waals surface area contributed by atoms with Gasteiger partial charge in [0.15, 0.2) is 17.6 Å². The van der Waals surface area contributed by atoms with E-state index in [0.717, 1.165) is 24.8 Å². The number of carbonyl (C=O) groups is 2. The van der Waals surface area contributed by atoms with Crippen LogP contribution >= 0.6 is 0 Å². The fraction of sp³-hybridized carbons (Fsp3) is 0.364. The average Bonchev–Trinajstić information content (AvgIpc) is 3.14. The number of ether oxygens (including phenoxy) is 3. The molecular weight excluding hydrogens is 344 g/mol. The molecule has 5 heteroatoms. The SMILES string of the molecule is COc1ccc(CC(=O)OC(C)C(=O)c2ccc3c(c2)CCC3)cc1OC. The largest absolute Gasteiger partial charge is 0.493 e. The summed E-state index contributed by atoms with van der Waals surface area (Å²) in [6, 6.07) is 11.0. The van der Waals surface area contributed by atoms with E-state index >= 15 is 0 Å². The molecule has 0 aliphatic heterocycles. The maximum absolute atomic E-state index is 12.6. The Morgan fingerprint density at radius 2 is 1.70 bits per heavy atom. The van der Waals surface area contributed by atoms with Gasteiger partial charge in [-0.25, -0.2) is 0 Å². The van der Waals surface area contributed by atoms with Gasteiger partial charge in [-0.2, -0.15) is 0 Å². The molecule has 1 unspecified atom stereocenters. The first-order chi connectivity index (χ1) is 13.0. The minimum absolute atomic E-state index is 0.0577. The van der Waals surface area contributed by atoms with Gasteiger partial charge < -0.3 is 14.2 Å². The molecule has 3 rings (SSSR count). The van der Waals surface area contributed by atoms with E-state index in [4.69, 9.17) is 14.2 Å². The lowest BCUT2D eigenvalue weighted by molar-refractivity contribution is -0.145. The molecule has 0 N–H and O–H groups in total. The summed E-state index contributed by atoms with van der Waals surface area (Å²) in [6.07, 6.45) is 2.44. The Morgan fingerprint density at radius 3 is 2.44 bits per heavy atom. The van der Waals surface area contributed by atoms with Crippen molar-refractivity contribution in [1.29, 1.82) is 0 Å². The lowest BCUT2D eigenvalue weighted by Gasteiger charge is -2.14. The Hall–Kier alpha value is -2.82. The van der Waals surface area contributed by atoms with E-state index in [-0.39, 0.29) is 12.2 Å². The van der Waals surface area contributed by atoms with Crippen molar-refractivity contribution in [3.05, 3.63) is 58.7 Å². The number of methoxy groups -OCH3 is 2. The molecule has 0 bridgehead atoms. The van der Waals surface area contributed by atoms with Gasteiger partial charge >= 0.3 is 5.97 Å². The minimum Gasteiger partial charge on any atom is -0.493 e. The number of rotatable bonds is 7. The van der Waals surface area contributed by atoms with Gasteiger partial charge in [0.1, 0.15) is 0 Å². The topological polar surface area (TPSA) is 61.8 Å². The van der Waals surface area contributed by atoms with Gasteiger partial charge in [0.05, 0.1) is 20.6 Å². The van der Waals surface area contributed by atoms with Crippen LogP contribution in [0.3, 0.4) is 0 Å². The van der Waals surface area contributed by atoms with Crippen LogP contribution < -0.4 is 9.47 Å². The summed E-state index contributed by atoms with van der Waals surface area (Å²) in [6.45, 7) is 1.61. The van der Waals surface area contributed by atoms with E-state index in [1.54, 1.807) is 32.2 Å². The predicted octanol–water partition coefficient (Wildman–Crippen LogP) is 3.55. The Labute approximate surface area is 159 Å². The second-order valence-corrected chi connectivity index (χ2v) is 6.70. The number of carbonyl (C=O) groups excluding carboxylic acids is 2. The molecule has 0 aromatic heterocycles. The molecule has 1 aliphatic carbocycles. The summed E-state index contributed by atoms with van der Waals surface area (Å²) >= 11 is 0. The summed E-state index contributed by atoms with van der Waals surface area (Å²) in [5, 5.41) is 0. The van der Waals surface area contributed by atoms with E-state index in [9.17, 15) is 9.59 Å². The lowest BCUT2D eigenvalue weighted by Crippen LogP contribution is -2.25. The molecule has 0 radical (unpaired) electrons. The van der Waals surface area contributed by atoms with Crippen LogP contribution in [0.2, 0.25) is 0 Å². The van der Waals surface area contributed by atoms with Crippen molar-refractivity contribution in [3.63, 3.8) is 0 Å². The third-order valence-electron chi connectivity index (χ3n) is 4.86. The number of hydrogen-bond donors (Lipinski definition) is 0. The number of esters is 1. The highest BCUT2D eigenvalue weighted by Crippen LogP contribution is 2.28. The Bertz CT molecular complexity index is 856. The van der Waals surface area contributed by atoms with E-state index in [1.807, 2.05) is 18.2 Å². The molecule has 1 aliphatic rings. The third-order valence-corrected chi connectivity index (χ3v) is 4.86. The fourth-order valence-electron chi connectivity index (χ4n) is 3.41. The van der Waals surface area contributed by atoms with Gasteiger partial charge in [0.2, 0.25) is 5.78 Å². The monoisotopic (exact) mass is 368 g/mol. The molecule has 0 amide bonds. The van der Waals surface area contributed by atoms with Crippen molar-refractivity contribution in [1.82, 2.24) is 0 Å². The van der Waals surface area contributed by atoms with Crippen LogP contribution in [0.1, 0.15) is 40.4 Å². The van der Waals surface area contributed by atoms with Crippen LogP contribution in [0, 0.1) is 0 Å². The van der Waals surface area contributed by atoms with Crippen molar-refractivity contribution in [2.45, 2.75) is 38.7 Å². The third kappa shape index (κ3) is 4.30. The van der Waals surface area contributed by atoms with Crippen molar-refractivity contribution in [2.24, 2.45) is 0 Å². The van der Waals surface area contributed by atoms with Crippen LogP contribution in [0.5, 0.6) is 11.5 Å². The van der Waals surface area contributed by atoms with E-state index in [1.165, 1.54) is 18.2 Å². The lowest BCUT2D eigenvalue weighted by atomic mass is 10.0. The molecule has 5 nitrogen and oxygen atoms in total. The number of benzene rings is 2. The molecule has 0 heterocycles. The summed E-state index contributed by atoms with van der Waals surface area (Å²) < 4.78 is 15.8. The van der Waals surface area contributed by atoms with Crippen LogP contribution in [0.25, 0.3) is 0 Å². The Morgan fingerprint density at radius 1 is 0.963 bits per heavy atom. The maximum Gasteiger partial charge on any atom is 0.310 e. The number of fused-ring (bicyclic) bond motifs is 1. The van der Waals surface area contributed by atoms with Gasteiger partial charge in [0, 0.05) is 5.56 Å². The van der Waals surface area contributed by atoms with Crippen molar-refractivity contribution >= 4 is 11.8 Å². The van der Waals surface area contributed by atoms with Crippen molar-refractivity contribution in [2.75, 3.05) is 14.2 Å². The van der Waals surface area contributed by atoms with Crippen LogP contribution in [0.4, 0.5) is 0 Å². The zero-order valence-electron chi connectivity index (χ0n) is 15.9. The second kappa shape index (κ2) is 8.25. The summed E-state index contributed by atoms with van der Waals surface area (Å²) in [7, 11) is 3.09. The quantitative estimate of drug-likeness (QED) is 0.552. The summed E-state index contributed by atoms with van der Waals surface area (Å²) in [5.41, 5.74) is 3.87. The van der Waals surface area contributed by atoms with Crippen LogP contribution in [-0.4, -0.2) is 32.1 Å². The smallest absolute Gasteiger partial charge is 0.310 e. The van der Waals surface area contributed by atoms with Crippen molar-refractivity contribution in [3.8, 4) is 11.5 Å². The minimum atomic E-state index is -0.822. The number of aryl methyl sites for hydroxylation is 2. The molecule has 0 fully saturated rings. The fourth-order valence-corrected chi connectivity index (χ4v) is 3.41.